The van der Waals surface area contributed by atoms with Crippen LogP contribution in [-0.2, 0) is 20.9 Å². The topological polar surface area (TPSA) is 76.9 Å². The van der Waals surface area contributed by atoms with Gasteiger partial charge in [0, 0.05) is 68.4 Å². The lowest BCUT2D eigenvalue weighted by atomic mass is 9.77. The molecule has 1 aromatic heterocycles. The Morgan fingerprint density at radius 3 is 2.74 bits per heavy atom. The van der Waals surface area contributed by atoms with Crippen LogP contribution in [0.2, 0.25) is 5.02 Å². The van der Waals surface area contributed by atoms with Crippen LogP contribution in [0.3, 0.4) is 0 Å². The fourth-order valence-corrected chi connectivity index (χ4v) is 4.94. The van der Waals surface area contributed by atoms with Gasteiger partial charge in [0.15, 0.2) is 0 Å². The van der Waals surface area contributed by atoms with Crippen molar-refractivity contribution in [2.24, 2.45) is 5.41 Å². The standard InChI is InChI=1S/C25H33ClN4O4/c26-21-5-1-6-22(17-21)34-20-25(18-24(32)28-13-15-33-16-14-28)8-3-10-29(19-25)23(31)7-2-11-30-12-4-9-27-30/h1,4-6,9,12,17H,2-3,7-8,10-11,13-16,18-20H2/t25-/m1/s1. The number of aromatic nitrogens is 2. The van der Waals surface area contributed by atoms with Crippen molar-refractivity contribution in [3.8, 4) is 5.75 Å². The minimum absolute atomic E-state index is 0.103. The number of piperidine rings is 1. The van der Waals surface area contributed by atoms with Gasteiger partial charge in [-0.15, -0.1) is 0 Å². The minimum atomic E-state index is -0.437. The van der Waals surface area contributed by atoms with E-state index in [1.807, 2.05) is 38.9 Å². The molecule has 2 aliphatic heterocycles. The number of amides is 2. The van der Waals surface area contributed by atoms with Crippen molar-refractivity contribution in [1.82, 2.24) is 19.6 Å². The largest absolute Gasteiger partial charge is 0.493 e. The van der Waals surface area contributed by atoms with E-state index >= 15 is 0 Å². The van der Waals surface area contributed by atoms with Gasteiger partial charge in [-0.2, -0.15) is 5.10 Å². The van der Waals surface area contributed by atoms with Gasteiger partial charge in [-0.3, -0.25) is 14.3 Å². The maximum Gasteiger partial charge on any atom is 0.223 e. The smallest absolute Gasteiger partial charge is 0.223 e. The fraction of sp³-hybridized carbons (Fsp3) is 0.560. The van der Waals surface area contributed by atoms with Crippen molar-refractivity contribution < 1.29 is 19.1 Å². The summed E-state index contributed by atoms with van der Waals surface area (Å²) < 4.78 is 13.4. The zero-order valence-electron chi connectivity index (χ0n) is 19.5. The van der Waals surface area contributed by atoms with Crippen LogP contribution in [0, 0.1) is 5.41 Å². The molecule has 2 aliphatic rings. The summed E-state index contributed by atoms with van der Waals surface area (Å²) in [4.78, 5) is 30.0. The van der Waals surface area contributed by atoms with Crippen molar-refractivity contribution in [2.75, 3.05) is 46.0 Å². The molecule has 2 fully saturated rings. The molecule has 0 unspecified atom stereocenters. The van der Waals surface area contributed by atoms with Crippen LogP contribution < -0.4 is 4.74 Å². The highest BCUT2D eigenvalue weighted by Gasteiger charge is 2.41. The average molecular weight is 489 g/mol. The molecular weight excluding hydrogens is 456 g/mol. The number of hydrogen-bond acceptors (Lipinski definition) is 5. The molecule has 184 valence electrons. The van der Waals surface area contributed by atoms with E-state index in [1.54, 1.807) is 18.3 Å². The third-order valence-corrected chi connectivity index (χ3v) is 6.82. The summed E-state index contributed by atoms with van der Waals surface area (Å²) in [5, 5.41) is 4.81. The number of nitrogens with zero attached hydrogens (tertiary/aromatic N) is 4. The molecule has 0 aliphatic carbocycles. The van der Waals surface area contributed by atoms with E-state index in [-0.39, 0.29) is 11.8 Å². The van der Waals surface area contributed by atoms with Crippen LogP contribution >= 0.6 is 11.6 Å². The van der Waals surface area contributed by atoms with Crippen molar-refractivity contribution in [3.63, 3.8) is 0 Å². The number of rotatable bonds is 9. The second-order valence-corrected chi connectivity index (χ2v) is 9.64. The molecule has 0 bridgehead atoms. The molecule has 0 N–H and O–H groups in total. The molecule has 4 rings (SSSR count). The highest BCUT2D eigenvalue weighted by atomic mass is 35.5. The Morgan fingerprint density at radius 1 is 1.12 bits per heavy atom. The Hall–Kier alpha value is -2.58. The first-order valence-electron chi connectivity index (χ1n) is 12.0. The number of benzene rings is 1. The van der Waals surface area contributed by atoms with E-state index < -0.39 is 5.41 Å². The van der Waals surface area contributed by atoms with Crippen molar-refractivity contribution in [2.45, 2.75) is 38.6 Å². The SMILES string of the molecule is O=C(C[C@]1(COc2cccc(Cl)c2)CCCN(C(=O)CCCn2cccn2)C1)N1CCOCC1. The van der Waals surface area contributed by atoms with Gasteiger partial charge in [0.2, 0.25) is 11.8 Å². The Labute approximate surface area is 205 Å². The van der Waals surface area contributed by atoms with Crippen LogP contribution in [-0.4, -0.2) is 77.4 Å². The number of aryl methyl sites for hydroxylation is 1. The Balaban J connectivity index is 1.41. The minimum Gasteiger partial charge on any atom is -0.493 e. The molecule has 0 spiro atoms. The normalized spacial score (nSPS) is 20.9. The zero-order valence-corrected chi connectivity index (χ0v) is 20.3. The summed E-state index contributed by atoms with van der Waals surface area (Å²) in [6, 6.07) is 9.17. The maximum atomic E-state index is 13.2. The third-order valence-electron chi connectivity index (χ3n) is 6.58. The molecule has 0 saturated carbocycles. The van der Waals surface area contributed by atoms with E-state index in [9.17, 15) is 9.59 Å². The number of hydrogen-bond donors (Lipinski definition) is 0. The molecule has 34 heavy (non-hydrogen) atoms. The summed E-state index contributed by atoms with van der Waals surface area (Å²) in [5.74, 6) is 0.900. The molecular formula is C25H33ClN4O4. The van der Waals surface area contributed by atoms with E-state index in [1.165, 1.54) is 0 Å². The lowest BCUT2D eigenvalue weighted by molar-refractivity contribution is -0.144. The molecule has 2 saturated heterocycles. The van der Waals surface area contributed by atoms with Crippen molar-refractivity contribution >= 4 is 23.4 Å². The maximum absolute atomic E-state index is 13.2. The summed E-state index contributed by atoms with van der Waals surface area (Å²) in [5.41, 5.74) is -0.437. The van der Waals surface area contributed by atoms with Gasteiger partial charge in [0.1, 0.15) is 5.75 Å². The molecule has 1 aromatic carbocycles. The Kier molecular flexibility index (Phi) is 8.45. The average Bonchev–Trinajstić information content (AvgIpc) is 3.37. The molecule has 2 amide bonds. The van der Waals surface area contributed by atoms with Crippen molar-refractivity contribution in [1.29, 1.82) is 0 Å². The van der Waals surface area contributed by atoms with Gasteiger partial charge in [-0.1, -0.05) is 17.7 Å². The molecule has 0 radical (unpaired) electrons. The highest BCUT2D eigenvalue weighted by Crippen LogP contribution is 2.36. The summed E-state index contributed by atoms with van der Waals surface area (Å²) in [7, 11) is 0. The van der Waals surface area contributed by atoms with Gasteiger partial charge < -0.3 is 19.3 Å². The molecule has 2 aromatic rings. The van der Waals surface area contributed by atoms with Crippen LogP contribution in [0.4, 0.5) is 0 Å². The number of morpholine rings is 1. The number of ether oxygens (including phenoxy) is 2. The quantitative estimate of drug-likeness (QED) is 0.541. The summed E-state index contributed by atoms with van der Waals surface area (Å²) in [6.07, 6.45) is 6.87. The monoisotopic (exact) mass is 488 g/mol. The second-order valence-electron chi connectivity index (χ2n) is 9.21. The van der Waals surface area contributed by atoms with E-state index in [0.717, 1.165) is 19.3 Å². The first-order valence-corrected chi connectivity index (χ1v) is 12.4. The van der Waals surface area contributed by atoms with Gasteiger partial charge >= 0.3 is 0 Å². The molecule has 9 heteroatoms. The van der Waals surface area contributed by atoms with Crippen LogP contribution in [0.25, 0.3) is 0 Å². The predicted molar refractivity (Wildman–Crippen MR) is 129 cm³/mol. The Morgan fingerprint density at radius 2 is 1.97 bits per heavy atom. The predicted octanol–water partition coefficient (Wildman–Crippen LogP) is 3.25. The first kappa shape index (κ1) is 24.5. The van der Waals surface area contributed by atoms with Crippen LogP contribution in [0.5, 0.6) is 5.75 Å². The van der Waals surface area contributed by atoms with Crippen LogP contribution in [0.1, 0.15) is 32.1 Å². The zero-order chi connectivity index (χ0) is 23.8. The Bertz CT molecular complexity index is 948. The van der Waals surface area contributed by atoms with Gasteiger partial charge in [-0.25, -0.2) is 0 Å². The summed E-state index contributed by atoms with van der Waals surface area (Å²) >= 11 is 6.13. The van der Waals surface area contributed by atoms with Gasteiger partial charge in [0.05, 0.1) is 19.8 Å². The first-order chi connectivity index (χ1) is 16.5. The van der Waals surface area contributed by atoms with E-state index in [4.69, 9.17) is 21.1 Å². The number of likely N-dealkylation sites (tertiary alicyclic amines) is 1. The molecule has 3 heterocycles. The van der Waals surface area contributed by atoms with Gasteiger partial charge in [-0.05, 0) is 43.5 Å². The van der Waals surface area contributed by atoms with E-state index in [0.29, 0.717) is 76.2 Å². The number of carbonyl (C=O) groups is 2. The lowest BCUT2D eigenvalue weighted by Gasteiger charge is -2.43. The molecule has 1 atom stereocenters. The lowest BCUT2D eigenvalue weighted by Crippen LogP contribution is -2.52. The number of halogens is 1. The highest BCUT2D eigenvalue weighted by molar-refractivity contribution is 6.30. The van der Waals surface area contributed by atoms with Crippen molar-refractivity contribution in [3.05, 3.63) is 47.7 Å². The third kappa shape index (κ3) is 6.73. The van der Waals surface area contributed by atoms with Gasteiger partial charge in [0.25, 0.3) is 0 Å². The second kappa shape index (κ2) is 11.7. The number of carbonyl (C=O) groups excluding carboxylic acids is 2. The molecule has 8 nitrogen and oxygen atoms in total. The fourth-order valence-electron chi connectivity index (χ4n) is 4.76. The summed E-state index contributed by atoms with van der Waals surface area (Å²) in [6.45, 7) is 4.67. The van der Waals surface area contributed by atoms with E-state index in [2.05, 4.69) is 5.10 Å². The van der Waals surface area contributed by atoms with Crippen LogP contribution in [0.15, 0.2) is 42.7 Å².